The van der Waals surface area contributed by atoms with E-state index in [0.29, 0.717) is 11.3 Å². The van der Waals surface area contributed by atoms with Crippen molar-refractivity contribution < 1.29 is 4.79 Å². The van der Waals surface area contributed by atoms with Gasteiger partial charge in [0.2, 0.25) is 5.91 Å². The van der Waals surface area contributed by atoms with Crippen LogP contribution < -0.4 is 11.5 Å². The van der Waals surface area contributed by atoms with Gasteiger partial charge < -0.3 is 11.5 Å². The maximum atomic E-state index is 11.0. The number of carbonyl (C=O) groups excluding carboxylic acids is 1. The van der Waals surface area contributed by atoms with E-state index in [1.165, 1.54) is 0 Å². The molecule has 0 atom stereocenters. The minimum absolute atomic E-state index is 0.273. The van der Waals surface area contributed by atoms with Gasteiger partial charge in [0, 0.05) is 11.3 Å². The fourth-order valence-electron chi connectivity index (χ4n) is 1.39. The smallest absolute Gasteiger partial charge is 0.248 e. The average molecular weight is 202 g/mol. The third-order valence-corrected chi connectivity index (χ3v) is 2.39. The van der Waals surface area contributed by atoms with Crippen molar-refractivity contribution in [2.24, 2.45) is 5.73 Å². The van der Waals surface area contributed by atoms with Crippen LogP contribution in [0, 0.1) is 6.92 Å². The summed E-state index contributed by atoms with van der Waals surface area (Å²) < 4.78 is 0. The van der Waals surface area contributed by atoms with E-state index in [4.69, 9.17) is 11.5 Å². The number of rotatable bonds is 3. The molecule has 0 saturated heterocycles. The molecule has 0 spiro atoms. The van der Waals surface area contributed by atoms with Crippen LogP contribution in [0.15, 0.2) is 25.3 Å². The number of benzene rings is 1. The molecular formula is C12H14N2O. The molecule has 0 heterocycles. The second kappa shape index (κ2) is 4.00. The van der Waals surface area contributed by atoms with Gasteiger partial charge in [-0.3, -0.25) is 4.79 Å². The third kappa shape index (κ3) is 1.91. The van der Waals surface area contributed by atoms with E-state index in [1.54, 1.807) is 18.2 Å². The maximum absolute atomic E-state index is 11.0. The predicted octanol–water partition coefficient (Wildman–Crippen LogP) is 1.72. The standard InChI is InChI=1S/C12H14N2O/c1-4-9-5-6-10(7(2)11(9)13)8(3)12(14)15/h4-6H,1,3,13H2,2H3,(H2,14,15). The fraction of sp³-hybridized carbons (Fsp3) is 0.0833. The highest BCUT2D eigenvalue weighted by Crippen LogP contribution is 2.26. The average Bonchev–Trinajstić information content (AvgIpc) is 2.21. The van der Waals surface area contributed by atoms with Crippen LogP contribution in [0.5, 0.6) is 0 Å². The summed E-state index contributed by atoms with van der Waals surface area (Å²) >= 11 is 0. The van der Waals surface area contributed by atoms with Crippen LogP contribution in [0.1, 0.15) is 16.7 Å². The van der Waals surface area contributed by atoms with Gasteiger partial charge in [0.25, 0.3) is 0 Å². The van der Waals surface area contributed by atoms with Crippen molar-refractivity contribution in [3.63, 3.8) is 0 Å². The Kier molecular flexibility index (Phi) is 2.95. The first-order chi connectivity index (χ1) is 6.99. The molecule has 0 aliphatic rings. The Bertz CT molecular complexity index is 447. The molecule has 0 unspecified atom stereocenters. The second-order valence-corrected chi connectivity index (χ2v) is 3.29. The molecule has 15 heavy (non-hydrogen) atoms. The van der Waals surface area contributed by atoms with Crippen LogP contribution in [0.2, 0.25) is 0 Å². The van der Waals surface area contributed by atoms with E-state index in [2.05, 4.69) is 13.2 Å². The minimum atomic E-state index is -0.538. The number of primary amides is 1. The Balaban J connectivity index is 3.35. The lowest BCUT2D eigenvalue weighted by Gasteiger charge is -2.11. The van der Waals surface area contributed by atoms with Crippen LogP contribution in [-0.4, -0.2) is 5.91 Å². The highest BCUT2D eigenvalue weighted by atomic mass is 16.1. The minimum Gasteiger partial charge on any atom is -0.398 e. The van der Waals surface area contributed by atoms with E-state index in [9.17, 15) is 4.79 Å². The molecule has 0 fully saturated rings. The van der Waals surface area contributed by atoms with Crippen molar-refractivity contribution in [2.75, 3.05) is 5.73 Å². The van der Waals surface area contributed by atoms with Gasteiger partial charge in [-0.2, -0.15) is 0 Å². The van der Waals surface area contributed by atoms with E-state index in [0.717, 1.165) is 11.1 Å². The highest BCUT2D eigenvalue weighted by Gasteiger charge is 2.11. The summed E-state index contributed by atoms with van der Waals surface area (Å²) in [6, 6.07) is 3.56. The van der Waals surface area contributed by atoms with Crippen molar-refractivity contribution in [1.29, 1.82) is 0 Å². The summed E-state index contributed by atoms with van der Waals surface area (Å²) in [5.41, 5.74) is 14.2. The van der Waals surface area contributed by atoms with E-state index >= 15 is 0 Å². The third-order valence-electron chi connectivity index (χ3n) is 2.39. The Morgan fingerprint density at radius 1 is 1.47 bits per heavy atom. The molecule has 0 bridgehead atoms. The van der Waals surface area contributed by atoms with Gasteiger partial charge in [0.15, 0.2) is 0 Å². The second-order valence-electron chi connectivity index (χ2n) is 3.29. The molecule has 0 aliphatic heterocycles. The lowest BCUT2D eigenvalue weighted by atomic mass is 9.97. The summed E-state index contributed by atoms with van der Waals surface area (Å²) in [4.78, 5) is 11.0. The molecule has 1 amide bonds. The van der Waals surface area contributed by atoms with E-state index in [-0.39, 0.29) is 5.57 Å². The van der Waals surface area contributed by atoms with Crippen LogP contribution in [-0.2, 0) is 4.79 Å². The van der Waals surface area contributed by atoms with E-state index in [1.807, 2.05) is 6.92 Å². The quantitative estimate of drug-likeness (QED) is 0.578. The van der Waals surface area contributed by atoms with Crippen molar-refractivity contribution in [3.8, 4) is 0 Å². The van der Waals surface area contributed by atoms with Crippen LogP contribution >= 0.6 is 0 Å². The number of anilines is 1. The van der Waals surface area contributed by atoms with Crippen LogP contribution in [0.3, 0.4) is 0 Å². The number of nitrogens with two attached hydrogens (primary N) is 2. The zero-order valence-corrected chi connectivity index (χ0v) is 8.71. The van der Waals surface area contributed by atoms with Gasteiger partial charge in [-0.05, 0) is 23.6 Å². The molecule has 0 aliphatic carbocycles. The Morgan fingerprint density at radius 2 is 2.07 bits per heavy atom. The SMILES string of the molecule is C=Cc1ccc(C(=C)C(N)=O)c(C)c1N. The Hall–Kier alpha value is -2.03. The number of hydrogen-bond donors (Lipinski definition) is 2. The zero-order valence-electron chi connectivity index (χ0n) is 8.71. The molecule has 3 nitrogen and oxygen atoms in total. The van der Waals surface area contributed by atoms with Crippen molar-refractivity contribution in [3.05, 3.63) is 42.0 Å². The largest absolute Gasteiger partial charge is 0.398 e. The normalized spacial score (nSPS) is 9.67. The first kappa shape index (κ1) is 11.0. The van der Waals surface area contributed by atoms with Crippen LogP contribution in [0.4, 0.5) is 5.69 Å². The molecule has 4 N–H and O–H groups in total. The molecular weight excluding hydrogens is 188 g/mol. The summed E-state index contributed by atoms with van der Waals surface area (Å²) in [5.74, 6) is -0.538. The Morgan fingerprint density at radius 3 is 2.53 bits per heavy atom. The monoisotopic (exact) mass is 202 g/mol. The van der Waals surface area contributed by atoms with Crippen molar-refractivity contribution in [1.82, 2.24) is 0 Å². The number of carbonyl (C=O) groups is 1. The number of nitrogen functional groups attached to an aromatic ring is 1. The van der Waals surface area contributed by atoms with Gasteiger partial charge in [-0.15, -0.1) is 0 Å². The lowest BCUT2D eigenvalue weighted by molar-refractivity contribution is -0.112. The fourth-order valence-corrected chi connectivity index (χ4v) is 1.39. The van der Waals surface area contributed by atoms with E-state index < -0.39 is 5.91 Å². The number of amides is 1. The first-order valence-electron chi connectivity index (χ1n) is 4.49. The van der Waals surface area contributed by atoms with Gasteiger partial charge in [0.1, 0.15) is 0 Å². The number of hydrogen-bond acceptors (Lipinski definition) is 2. The van der Waals surface area contributed by atoms with Gasteiger partial charge in [0.05, 0.1) is 0 Å². The summed E-state index contributed by atoms with van der Waals surface area (Å²) in [6.45, 7) is 9.10. The van der Waals surface area contributed by atoms with Gasteiger partial charge in [-0.25, -0.2) is 0 Å². The van der Waals surface area contributed by atoms with Gasteiger partial charge >= 0.3 is 0 Å². The molecule has 1 aromatic rings. The molecule has 1 aromatic carbocycles. The zero-order chi connectivity index (χ0) is 11.6. The molecule has 78 valence electrons. The molecule has 0 saturated carbocycles. The molecule has 1 rings (SSSR count). The topological polar surface area (TPSA) is 69.1 Å². The summed E-state index contributed by atoms with van der Waals surface area (Å²) in [7, 11) is 0. The predicted molar refractivity (Wildman–Crippen MR) is 63.9 cm³/mol. The summed E-state index contributed by atoms with van der Waals surface area (Å²) in [6.07, 6.45) is 1.67. The van der Waals surface area contributed by atoms with Crippen molar-refractivity contribution >= 4 is 23.2 Å². The van der Waals surface area contributed by atoms with Crippen LogP contribution in [0.25, 0.3) is 11.6 Å². The lowest BCUT2D eigenvalue weighted by Crippen LogP contribution is -2.13. The first-order valence-corrected chi connectivity index (χ1v) is 4.49. The maximum Gasteiger partial charge on any atom is 0.248 e. The highest BCUT2D eigenvalue weighted by molar-refractivity contribution is 6.18. The Labute approximate surface area is 89.1 Å². The molecule has 3 heteroatoms. The molecule has 0 aromatic heterocycles. The summed E-state index contributed by atoms with van der Waals surface area (Å²) in [5, 5.41) is 0. The van der Waals surface area contributed by atoms with Crippen molar-refractivity contribution in [2.45, 2.75) is 6.92 Å². The van der Waals surface area contributed by atoms with Gasteiger partial charge in [-0.1, -0.05) is 31.4 Å². The molecule has 0 radical (unpaired) electrons.